The maximum absolute atomic E-state index is 13.9. The van der Waals surface area contributed by atoms with E-state index in [1.807, 2.05) is 30.3 Å². The number of methoxy groups -OCH3 is 1. The van der Waals surface area contributed by atoms with E-state index >= 15 is 0 Å². The number of hydrogen-bond acceptors (Lipinski definition) is 7. The van der Waals surface area contributed by atoms with Crippen molar-refractivity contribution >= 4 is 28.4 Å². The molecule has 0 saturated carbocycles. The van der Waals surface area contributed by atoms with Crippen molar-refractivity contribution in [2.75, 3.05) is 13.7 Å². The van der Waals surface area contributed by atoms with Crippen molar-refractivity contribution in [3.63, 3.8) is 0 Å². The Morgan fingerprint density at radius 3 is 1.80 bits per heavy atom. The SMILES string of the molecule is COc1ccc(C(=O)Oc2cc(O[Si](C)(C)C(C)(C)C)cc(O[Si](C)(C)C(C)(C)C)c2C(=O)COCc2ccccc2)cc1. The maximum atomic E-state index is 13.9. The lowest BCUT2D eigenvalue weighted by molar-refractivity contribution is 0.0701. The first-order valence-electron chi connectivity index (χ1n) is 14.9. The fraction of sp³-hybridized carbons (Fsp3) is 0.429. The lowest BCUT2D eigenvalue weighted by atomic mass is 10.1. The van der Waals surface area contributed by atoms with Crippen molar-refractivity contribution in [1.82, 2.24) is 0 Å². The van der Waals surface area contributed by atoms with Gasteiger partial charge in [-0.3, -0.25) is 4.79 Å². The van der Waals surface area contributed by atoms with E-state index in [0.29, 0.717) is 22.8 Å². The van der Waals surface area contributed by atoms with Crippen molar-refractivity contribution in [3.05, 3.63) is 83.4 Å². The van der Waals surface area contributed by atoms with Crippen LogP contribution in [0.1, 0.15) is 67.8 Å². The van der Waals surface area contributed by atoms with Gasteiger partial charge in [0, 0.05) is 12.1 Å². The number of ether oxygens (including phenoxy) is 3. The molecule has 9 heteroatoms. The molecule has 0 radical (unpaired) electrons. The summed E-state index contributed by atoms with van der Waals surface area (Å²) in [5.74, 6) is 0.538. The lowest BCUT2D eigenvalue weighted by Gasteiger charge is -2.38. The molecule has 0 aliphatic heterocycles. The molecule has 238 valence electrons. The zero-order chi connectivity index (χ0) is 32.9. The third-order valence-electron chi connectivity index (χ3n) is 8.54. The second-order valence-electron chi connectivity index (χ2n) is 14.0. The minimum Gasteiger partial charge on any atom is -0.543 e. The Kier molecular flexibility index (Phi) is 10.9. The number of ketones is 1. The Bertz CT molecular complexity index is 1430. The van der Waals surface area contributed by atoms with Gasteiger partial charge in [0.15, 0.2) is 5.78 Å². The molecule has 0 amide bonds. The number of hydrogen-bond donors (Lipinski definition) is 0. The quantitative estimate of drug-likeness (QED) is 0.0849. The van der Waals surface area contributed by atoms with Gasteiger partial charge in [-0.1, -0.05) is 71.9 Å². The lowest BCUT2D eigenvalue weighted by Crippen LogP contribution is -2.45. The average Bonchev–Trinajstić information content (AvgIpc) is 2.92. The summed E-state index contributed by atoms with van der Waals surface area (Å²) < 4.78 is 30.5. The number of benzene rings is 3. The molecule has 0 aliphatic rings. The van der Waals surface area contributed by atoms with Crippen LogP contribution in [0.2, 0.25) is 36.3 Å². The monoisotopic (exact) mass is 636 g/mol. The number of carbonyl (C=O) groups is 2. The molecule has 3 aromatic rings. The van der Waals surface area contributed by atoms with Gasteiger partial charge in [-0.15, -0.1) is 0 Å². The molecule has 3 aromatic carbocycles. The van der Waals surface area contributed by atoms with E-state index in [4.69, 9.17) is 23.1 Å². The van der Waals surface area contributed by atoms with Crippen molar-refractivity contribution in [2.45, 2.75) is 84.4 Å². The summed E-state index contributed by atoms with van der Waals surface area (Å²) in [6.07, 6.45) is 0. The summed E-state index contributed by atoms with van der Waals surface area (Å²) in [7, 11) is -3.21. The summed E-state index contributed by atoms with van der Waals surface area (Å²) >= 11 is 0. The van der Waals surface area contributed by atoms with Gasteiger partial charge in [0.2, 0.25) is 8.32 Å². The van der Waals surface area contributed by atoms with E-state index in [0.717, 1.165) is 5.56 Å². The van der Waals surface area contributed by atoms with Crippen LogP contribution in [-0.2, 0) is 11.3 Å². The zero-order valence-electron chi connectivity index (χ0n) is 28.1. The molecule has 7 nitrogen and oxygen atoms in total. The van der Waals surface area contributed by atoms with Crippen LogP contribution in [0.4, 0.5) is 0 Å². The summed E-state index contributed by atoms with van der Waals surface area (Å²) in [5, 5.41) is -0.249. The Hall–Kier alpha value is -3.41. The summed E-state index contributed by atoms with van der Waals surface area (Å²) in [6.45, 7) is 21.4. The highest BCUT2D eigenvalue weighted by molar-refractivity contribution is 6.75. The molecule has 0 atom stereocenters. The second kappa shape index (κ2) is 13.7. The van der Waals surface area contributed by atoms with Gasteiger partial charge in [-0.2, -0.15) is 0 Å². The van der Waals surface area contributed by atoms with Crippen LogP contribution in [-0.4, -0.2) is 42.1 Å². The smallest absolute Gasteiger partial charge is 0.343 e. The fourth-order valence-electron chi connectivity index (χ4n) is 3.73. The molecule has 0 heterocycles. The Labute approximate surface area is 265 Å². The van der Waals surface area contributed by atoms with Crippen molar-refractivity contribution in [1.29, 1.82) is 0 Å². The molecule has 0 bridgehead atoms. The van der Waals surface area contributed by atoms with Crippen LogP contribution in [0.3, 0.4) is 0 Å². The second-order valence-corrected chi connectivity index (χ2v) is 23.5. The number of Topliss-reactive ketones (excluding diaryl/α,β-unsaturated/α-hetero) is 1. The van der Waals surface area contributed by atoms with Gasteiger partial charge in [0.05, 0.1) is 19.3 Å². The molecule has 0 aromatic heterocycles. The molecule has 3 rings (SSSR count). The van der Waals surface area contributed by atoms with Crippen LogP contribution in [0.15, 0.2) is 66.7 Å². The number of esters is 1. The van der Waals surface area contributed by atoms with Crippen molar-refractivity contribution in [2.24, 2.45) is 0 Å². The minimum absolute atomic E-state index is 0.0732. The molecule has 0 fully saturated rings. The average molecular weight is 637 g/mol. The van der Waals surface area contributed by atoms with Crippen molar-refractivity contribution in [3.8, 4) is 23.0 Å². The zero-order valence-corrected chi connectivity index (χ0v) is 30.1. The van der Waals surface area contributed by atoms with E-state index in [9.17, 15) is 9.59 Å². The first-order chi connectivity index (χ1) is 20.3. The van der Waals surface area contributed by atoms with Crippen LogP contribution >= 0.6 is 0 Å². The van der Waals surface area contributed by atoms with E-state index in [2.05, 4.69) is 67.7 Å². The normalized spacial score (nSPS) is 12.4. The largest absolute Gasteiger partial charge is 0.543 e. The Balaban J connectivity index is 2.13. The Morgan fingerprint density at radius 2 is 1.25 bits per heavy atom. The van der Waals surface area contributed by atoms with Gasteiger partial charge in [0.25, 0.3) is 8.32 Å². The highest BCUT2D eigenvalue weighted by atomic mass is 28.4. The van der Waals surface area contributed by atoms with Gasteiger partial charge in [-0.25, -0.2) is 4.79 Å². The van der Waals surface area contributed by atoms with Gasteiger partial charge in [0.1, 0.15) is 35.2 Å². The van der Waals surface area contributed by atoms with Crippen LogP contribution in [0, 0.1) is 0 Å². The predicted octanol–water partition coefficient (Wildman–Crippen LogP) is 9.08. The van der Waals surface area contributed by atoms with Gasteiger partial charge < -0.3 is 23.1 Å². The van der Waals surface area contributed by atoms with Crippen LogP contribution < -0.4 is 18.3 Å². The van der Waals surface area contributed by atoms with Gasteiger partial charge in [-0.05, 0) is 66.1 Å². The molecular weight excluding hydrogens is 589 g/mol. The molecule has 44 heavy (non-hydrogen) atoms. The van der Waals surface area contributed by atoms with E-state index < -0.39 is 22.6 Å². The number of carbonyl (C=O) groups excluding carboxylic acids is 2. The minimum atomic E-state index is -2.45. The third kappa shape index (κ3) is 8.83. The highest BCUT2D eigenvalue weighted by Crippen LogP contribution is 2.44. The molecule has 0 unspecified atom stereocenters. The third-order valence-corrected chi connectivity index (χ3v) is 17.2. The van der Waals surface area contributed by atoms with E-state index in [1.165, 1.54) is 0 Å². The summed E-state index contributed by atoms with van der Waals surface area (Å²) in [5.41, 5.74) is 1.42. The summed E-state index contributed by atoms with van der Waals surface area (Å²) in [6, 6.07) is 19.6. The first-order valence-corrected chi connectivity index (χ1v) is 20.7. The molecule has 0 aliphatic carbocycles. The van der Waals surface area contributed by atoms with Crippen LogP contribution in [0.5, 0.6) is 23.0 Å². The maximum Gasteiger partial charge on any atom is 0.343 e. The summed E-state index contributed by atoms with van der Waals surface area (Å²) in [4.78, 5) is 27.4. The highest BCUT2D eigenvalue weighted by Gasteiger charge is 2.42. The van der Waals surface area contributed by atoms with E-state index in [-0.39, 0.29) is 40.4 Å². The topological polar surface area (TPSA) is 80.3 Å². The predicted molar refractivity (Wildman–Crippen MR) is 180 cm³/mol. The molecule has 0 saturated heterocycles. The van der Waals surface area contributed by atoms with Gasteiger partial charge >= 0.3 is 5.97 Å². The Morgan fingerprint density at radius 1 is 0.705 bits per heavy atom. The molecule has 0 spiro atoms. The standard InChI is InChI=1S/C35H48O7Si2/c1-34(2,3)43(8,9)41-28-21-30(40-33(37)26-17-19-27(38-7)20-18-26)32(31(22-28)42-44(10,11)35(4,5)6)29(36)24-39-23-25-15-13-12-14-16-25/h12-22H,23-24H2,1-11H3. The molecular formula is C35H48O7Si2. The molecule has 0 N–H and O–H groups in total. The fourth-order valence-corrected chi connectivity index (χ4v) is 5.76. The number of rotatable bonds is 12. The van der Waals surface area contributed by atoms with Crippen molar-refractivity contribution < 1.29 is 32.7 Å². The first kappa shape index (κ1) is 35.1. The van der Waals surface area contributed by atoms with E-state index in [1.54, 1.807) is 43.5 Å². The van der Waals surface area contributed by atoms with Crippen LogP contribution in [0.25, 0.3) is 0 Å².